The average Bonchev–Trinajstić information content (AvgIpc) is 2.18. The van der Waals surface area contributed by atoms with Crippen LogP contribution in [0.3, 0.4) is 0 Å². The zero-order chi connectivity index (χ0) is 11.4. The van der Waals surface area contributed by atoms with E-state index in [0.29, 0.717) is 6.61 Å². The molecule has 1 rings (SSSR count). The van der Waals surface area contributed by atoms with E-state index in [9.17, 15) is 0 Å². The van der Waals surface area contributed by atoms with E-state index in [2.05, 4.69) is 0 Å². The van der Waals surface area contributed by atoms with E-state index in [1.807, 2.05) is 39.0 Å². The van der Waals surface area contributed by atoms with E-state index in [1.54, 1.807) is 0 Å². The number of hydrogen-bond donors (Lipinski definition) is 1. The third-order valence-electron chi connectivity index (χ3n) is 2.22. The first-order chi connectivity index (χ1) is 7.00. The Labute approximate surface area is 96.4 Å². The summed E-state index contributed by atoms with van der Waals surface area (Å²) in [7, 11) is 0. The zero-order valence-electron chi connectivity index (χ0n) is 9.46. The Hall–Kier alpha value is -0.570. The zero-order valence-corrected chi connectivity index (χ0v) is 10.2. The molecule has 0 aliphatic rings. The monoisotopic (exact) mass is 227 g/mol. The van der Waals surface area contributed by atoms with Crippen LogP contribution in [0.25, 0.3) is 0 Å². The highest BCUT2D eigenvalue weighted by atomic mass is 35.5. The third kappa shape index (κ3) is 3.82. The molecule has 0 spiro atoms. The standard InChI is InChI=1S/C12H18ClNO/c1-8(2)15-7-12(14)10-4-5-11(13)9(3)6-10/h4-6,8,12H,7,14H2,1-3H3. The van der Waals surface area contributed by atoms with Crippen molar-refractivity contribution in [1.29, 1.82) is 0 Å². The van der Waals surface area contributed by atoms with Crippen molar-refractivity contribution in [3.8, 4) is 0 Å². The molecule has 0 saturated carbocycles. The quantitative estimate of drug-likeness (QED) is 0.858. The maximum absolute atomic E-state index is 5.99. The number of rotatable bonds is 4. The van der Waals surface area contributed by atoms with E-state index in [4.69, 9.17) is 22.1 Å². The Morgan fingerprint density at radius 1 is 1.40 bits per heavy atom. The van der Waals surface area contributed by atoms with Crippen molar-refractivity contribution >= 4 is 11.6 Å². The topological polar surface area (TPSA) is 35.2 Å². The van der Waals surface area contributed by atoms with Gasteiger partial charge in [0.25, 0.3) is 0 Å². The summed E-state index contributed by atoms with van der Waals surface area (Å²) in [5, 5.41) is 0.774. The van der Waals surface area contributed by atoms with Gasteiger partial charge < -0.3 is 10.5 Å². The first-order valence-electron chi connectivity index (χ1n) is 5.14. The second kappa shape index (κ2) is 5.50. The summed E-state index contributed by atoms with van der Waals surface area (Å²) < 4.78 is 5.47. The lowest BCUT2D eigenvalue weighted by Gasteiger charge is -2.15. The lowest BCUT2D eigenvalue weighted by molar-refractivity contribution is 0.0683. The summed E-state index contributed by atoms with van der Waals surface area (Å²) in [6, 6.07) is 5.75. The molecule has 1 unspecified atom stereocenters. The number of ether oxygens (including phenoxy) is 1. The number of aryl methyl sites for hydroxylation is 1. The highest BCUT2D eigenvalue weighted by Crippen LogP contribution is 2.20. The molecule has 1 aromatic rings. The van der Waals surface area contributed by atoms with Crippen molar-refractivity contribution in [1.82, 2.24) is 0 Å². The van der Waals surface area contributed by atoms with Gasteiger partial charge in [-0.05, 0) is 38.0 Å². The van der Waals surface area contributed by atoms with Gasteiger partial charge in [0.2, 0.25) is 0 Å². The first-order valence-corrected chi connectivity index (χ1v) is 5.51. The van der Waals surface area contributed by atoms with Crippen LogP contribution in [0.15, 0.2) is 18.2 Å². The van der Waals surface area contributed by atoms with Gasteiger partial charge in [-0.15, -0.1) is 0 Å². The molecule has 0 aromatic heterocycles. The van der Waals surface area contributed by atoms with Crippen molar-refractivity contribution in [2.75, 3.05) is 6.61 Å². The fourth-order valence-electron chi connectivity index (χ4n) is 1.29. The molecule has 0 saturated heterocycles. The molecular weight excluding hydrogens is 210 g/mol. The van der Waals surface area contributed by atoms with Gasteiger partial charge in [-0.25, -0.2) is 0 Å². The molecule has 2 N–H and O–H groups in total. The average molecular weight is 228 g/mol. The molecule has 84 valence electrons. The minimum atomic E-state index is -0.0802. The van der Waals surface area contributed by atoms with Gasteiger partial charge in [0.15, 0.2) is 0 Å². The van der Waals surface area contributed by atoms with Crippen molar-refractivity contribution in [3.05, 3.63) is 34.3 Å². The Morgan fingerprint density at radius 3 is 2.60 bits per heavy atom. The van der Waals surface area contributed by atoms with Crippen molar-refractivity contribution < 1.29 is 4.74 Å². The van der Waals surface area contributed by atoms with Gasteiger partial charge >= 0.3 is 0 Å². The Kier molecular flexibility index (Phi) is 4.58. The van der Waals surface area contributed by atoms with Crippen LogP contribution in [0, 0.1) is 6.92 Å². The van der Waals surface area contributed by atoms with Crippen LogP contribution in [0.5, 0.6) is 0 Å². The molecule has 0 aliphatic heterocycles. The molecule has 1 atom stereocenters. The Balaban J connectivity index is 2.65. The molecule has 0 aliphatic carbocycles. The predicted molar refractivity (Wildman–Crippen MR) is 64.2 cm³/mol. The number of benzene rings is 1. The van der Waals surface area contributed by atoms with Crippen LogP contribution in [-0.4, -0.2) is 12.7 Å². The summed E-state index contributed by atoms with van der Waals surface area (Å²) in [5.41, 5.74) is 8.11. The van der Waals surface area contributed by atoms with Crippen LogP contribution >= 0.6 is 11.6 Å². The lowest BCUT2D eigenvalue weighted by Crippen LogP contribution is -2.19. The maximum Gasteiger partial charge on any atom is 0.0662 e. The molecule has 0 fully saturated rings. The largest absolute Gasteiger partial charge is 0.377 e. The minimum absolute atomic E-state index is 0.0802. The van der Waals surface area contributed by atoms with Gasteiger partial charge in [0, 0.05) is 5.02 Å². The normalized spacial score (nSPS) is 13.2. The highest BCUT2D eigenvalue weighted by molar-refractivity contribution is 6.31. The fraction of sp³-hybridized carbons (Fsp3) is 0.500. The van der Waals surface area contributed by atoms with Gasteiger partial charge in [-0.1, -0.05) is 23.7 Å². The molecule has 1 aromatic carbocycles. The van der Waals surface area contributed by atoms with E-state index >= 15 is 0 Å². The third-order valence-corrected chi connectivity index (χ3v) is 2.64. The predicted octanol–water partition coefficient (Wildman–Crippen LogP) is 3.07. The first kappa shape index (κ1) is 12.5. The van der Waals surface area contributed by atoms with Gasteiger partial charge in [-0.2, -0.15) is 0 Å². The summed E-state index contributed by atoms with van der Waals surface area (Å²) in [6.07, 6.45) is 0.212. The van der Waals surface area contributed by atoms with Crippen LogP contribution in [0.1, 0.15) is 31.0 Å². The molecule has 2 nitrogen and oxygen atoms in total. The summed E-state index contributed by atoms with van der Waals surface area (Å²) in [4.78, 5) is 0. The summed E-state index contributed by atoms with van der Waals surface area (Å²) in [5.74, 6) is 0. The van der Waals surface area contributed by atoms with Gasteiger partial charge in [0.1, 0.15) is 0 Å². The van der Waals surface area contributed by atoms with Crippen LogP contribution in [0.4, 0.5) is 0 Å². The van der Waals surface area contributed by atoms with Crippen molar-refractivity contribution in [2.45, 2.75) is 32.9 Å². The Bertz CT molecular complexity index is 325. The molecule has 0 heterocycles. The van der Waals surface area contributed by atoms with Gasteiger partial charge in [-0.3, -0.25) is 0 Å². The molecule has 0 bridgehead atoms. The van der Waals surface area contributed by atoms with E-state index in [-0.39, 0.29) is 12.1 Å². The lowest BCUT2D eigenvalue weighted by atomic mass is 10.1. The number of halogens is 1. The summed E-state index contributed by atoms with van der Waals surface area (Å²) >= 11 is 5.94. The second-order valence-electron chi connectivity index (χ2n) is 4.00. The molecule has 0 radical (unpaired) electrons. The van der Waals surface area contributed by atoms with Crippen molar-refractivity contribution in [2.24, 2.45) is 5.73 Å². The summed E-state index contributed by atoms with van der Waals surface area (Å²) in [6.45, 7) is 6.51. The van der Waals surface area contributed by atoms with E-state index < -0.39 is 0 Å². The molecule has 3 heteroatoms. The number of hydrogen-bond acceptors (Lipinski definition) is 2. The van der Waals surface area contributed by atoms with E-state index in [0.717, 1.165) is 16.1 Å². The molecular formula is C12H18ClNO. The minimum Gasteiger partial charge on any atom is -0.377 e. The van der Waals surface area contributed by atoms with E-state index in [1.165, 1.54) is 0 Å². The van der Waals surface area contributed by atoms with Crippen LogP contribution < -0.4 is 5.73 Å². The van der Waals surface area contributed by atoms with Crippen LogP contribution in [-0.2, 0) is 4.74 Å². The maximum atomic E-state index is 5.99. The van der Waals surface area contributed by atoms with Crippen molar-refractivity contribution in [3.63, 3.8) is 0 Å². The highest BCUT2D eigenvalue weighted by Gasteiger charge is 2.08. The molecule has 15 heavy (non-hydrogen) atoms. The smallest absolute Gasteiger partial charge is 0.0662 e. The Morgan fingerprint density at radius 2 is 2.07 bits per heavy atom. The number of nitrogens with two attached hydrogens (primary N) is 1. The van der Waals surface area contributed by atoms with Gasteiger partial charge in [0.05, 0.1) is 18.8 Å². The SMILES string of the molecule is Cc1cc(C(N)COC(C)C)ccc1Cl. The molecule has 0 amide bonds. The van der Waals surface area contributed by atoms with Crippen LogP contribution in [0.2, 0.25) is 5.02 Å². The second-order valence-corrected chi connectivity index (χ2v) is 4.40. The fourth-order valence-corrected chi connectivity index (χ4v) is 1.41.